The number of ether oxygens (including phenoxy) is 7. The third kappa shape index (κ3) is 8.28. The highest BCUT2D eigenvalue weighted by molar-refractivity contribution is 5.26. The van der Waals surface area contributed by atoms with Crippen molar-refractivity contribution in [3.05, 3.63) is 11.6 Å². The molecular weight excluding hydrogens is 812 g/mol. The maximum Gasteiger partial charge on any atom is 0.187 e. The topological polar surface area (TPSA) is 267 Å². The van der Waals surface area contributed by atoms with Gasteiger partial charge in [0.25, 0.3) is 0 Å². The smallest absolute Gasteiger partial charge is 0.187 e. The number of hydrogen-bond acceptors (Lipinski definition) is 17. The van der Waals surface area contributed by atoms with E-state index < -0.39 is 105 Å². The molecule has 0 bridgehead atoms. The average molecular weight is 887 g/mol. The van der Waals surface area contributed by atoms with Crippen molar-refractivity contribution in [2.45, 2.75) is 203 Å². The van der Waals surface area contributed by atoms with Crippen LogP contribution in [-0.2, 0) is 33.2 Å². The minimum atomic E-state index is -1.82. The Hall–Kier alpha value is -0.940. The number of fused-ring (bicyclic) bond motifs is 7. The fourth-order valence-electron chi connectivity index (χ4n) is 13.6. The number of hydrogen-bond donors (Lipinski definition) is 10. The first kappa shape index (κ1) is 47.5. The molecule has 0 spiro atoms. The highest BCUT2D eigenvalue weighted by Crippen LogP contribution is 2.69. The quantitative estimate of drug-likeness (QED) is 0.114. The first-order chi connectivity index (χ1) is 29.4. The molecule has 8 rings (SSSR count). The average Bonchev–Trinajstić information content (AvgIpc) is 3.74. The maximum atomic E-state index is 12.0. The number of allylic oxidation sites excluding steroid dienone is 1. The Bertz CT molecular complexity index is 1550. The van der Waals surface area contributed by atoms with Crippen LogP contribution in [0.1, 0.15) is 92.4 Å². The number of rotatable bonds is 12. The van der Waals surface area contributed by atoms with Gasteiger partial charge in [-0.15, -0.1) is 0 Å². The summed E-state index contributed by atoms with van der Waals surface area (Å²) in [7, 11) is 0. The molecule has 0 amide bonds. The minimum absolute atomic E-state index is 0.0365. The first-order valence-electron chi connectivity index (χ1n) is 23.3. The summed E-state index contributed by atoms with van der Waals surface area (Å²) in [6.45, 7) is 9.70. The van der Waals surface area contributed by atoms with Crippen molar-refractivity contribution in [1.82, 2.24) is 0 Å². The maximum absolute atomic E-state index is 12.0. The van der Waals surface area contributed by atoms with Crippen molar-refractivity contribution in [3.63, 3.8) is 0 Å². The van der Waals surface area contributed by atoms with Gasteiger partial charge in [0.15, 0.2) is 18.9 Å². The van der Waals surface area contributed by atoms with E-state index in [1.807, 2.05) is 0 Å². The Kier molecular flexibility index (Phi) is 14.3. The molecule has 4 aliphatic heterocycles. The van der Waals surface area contributed by atoms with Gasteiger partial charge in [0.1, 0.15) is 67.1 Å². The van der Waals surface area contributed by atoms with Crippen LogP contribution in [0.3, 0.4) is 0 Å². The predicted octanol–water partition coefficient (Wildman–Crippen LogP) is -0.151. The molecule has 17 heteroatoms. The van der Waals surface area contributed by atoms with E-state index >= 15 is 0 Å². The monoisotopic (exact) mass is 886 g/mol. The highest BCUT2D eigenvalue weighted by Gasteiger charge is 2.65. The second-order valence-electron chi connectivity index (χ2n) is 20.8. The Morgan fingerprint density at radius 3 is 2.05 bits per heavy atom. The number of aliphatic hydroxyl groups is 10. The summed E-state index contributed by atoms with van der Waals surface area (Å²) >= 11 is 0. The normalized spacial score (nSPS) is 54.5. The second kappa shape index (κ2) is 18.6. The van der Waals surface area contributed by atoms with E-state index in [-0.39, 0.29) is 41.7 Å². The molecular formula is C45H74O17. The zero-order valence-corrected chi connectivity index (χ0v) is 36.7. The summed E-state index contributed by atoms with van der Waals surface area (Å²) in [5.74, 6) is 2.93. The van der Waals surface area contributed by atoms with Crippen molar-refractivity contribution in [2.75, 3.05) is 19.8 Å². The molecule has 0 radical (unpaired) electrons. The summed E-state index contributed by atoms with van der Waals surface area (Å²) in [6.07, 6.45) is -11.9. The zero-order chi connectivity index (χ0) is 44.6. The molecule has 356 valence electrons. The molecule has 7 fully saturated rings. The lowest BCUT2D eigenvalue weighted by atomic mass is 9.47. The zero-order valence-electron chi connectivity index (χ0n) is 36.7. The van der Waals surface area contributed by atoms with Crippen LogP contribution in [0.4, 0.5) is 0 Å². The lowest BCUT2D eigenvalue weighted by Gasteiger charge is -2.58. The molecule has 0 aromatic rings. The lowest BCUT2D eigenvalue weighted by Crippen LogP contribution is -2.67. The second-order valence-corrected chi connectivity index (χ2v) is 20.8. The van der Waals surface area contributed by atoms with Gasteiger partial charge in [-0.05, 0) is 111 Å². The van der Waals surface area contributed by atoms with Gasteiger partial charge in [0, 0.05) is 6.61 Å². The Labute approximate surface area is 364 Å². The molecule has 62 heavy (non-hydrogen) atoms. The van der Waals surface area contributed by atoms with Crippen LogP contribution < -0.4 is 0 Å². The van der Waals surface area contributed by atoms with E-state index in [2.05, 4.69) is 33.8 Å². The van der Waals surface area contributed by atoms with Crippen molar-refractivity contribution in [1.29, 1.82) is 0 Å². The SMILES string of the molecule is CC1O[C@@H](OC2C(O)[C@H](O[C@@H]3OC(CO)[C@@H](O)C(O)C3O)C(CO)O[C@H]2OC2CC[C@@]3(C)C(=CC[C@H]4[C@@H]5C[C@H]6O[C@H](CC[C@@H](C)CO)[C@@H](C)[C@H]6[C@@]5(C)CC[C@@H]43)C2)C(O)C(O)[C@H]1O. The van der Waals surface area contributed by atoms with Gasteiger partial charge < -0.3 is 84.2 Å². The molecule has 0 aromatic carbocycles. The highest BCUT2D eigenvalue weighted by atomic mass is 16.8. The third-order valence-corrected chi connectivity index (χ3v) is 17.3. The molecule has 10 N–H and O–H groups in total. The van der Waals surface area contributed by atoms with Crippen molar-refractivity contribution in [2.24, 2.45) is 46.3 Å². The van der Waals surface area contributed by atoms with Gasteiger partial charge in [-0.25, -0.2) is 0 Å². The molecule has 4 heterocycles. The van der Waals surface area contributed by atoms with Crippen LogP contribution in [-0.4, -0.2) is 181 Å². The Morgan fingerprint density at radius 1 is 0.694 bits per heavy atom. The summed E-state index contributed by atoms with van der Waals surface area (Å²) in [5, 5.41) is 105. The Morgan fingerprint density at radius 2 is 1.35 bits per heavy atom. The molecule has 26 atom stereocenters. The van der Waals surface area contributed by atoms with Gasteiger partial charge in [0.05, 0.1) is 37.6 Å². The molecule has 17 nitrogen and oxygen atoms in total. The van der Waals surface area contributed by atoms with Gasteiger partial charge in [-0.1, -0.05) is 39.3 Å². The standard InChI is InChI=1S/C45H74O17/c1-19(16-46)6-9-27-20(2)31-28(58-27)15-26-24-8-7-22-14-23(10-12-44(22,4)25(24)11-13-45(26,31)5)57-43-40(62-41-36(53)34(51)32(49)21(3)56-41)38(55)39(30(18-48)60-43)61-42-37(54)35(52)33(50)29(17-47)59-42/h7,19-21,23-43,46-55H,6,8-18H2,1-5H3/t19-,20-,21?,23?,24-,25+,26+,27-,28-,29?,30?,31-,32+,33-,34?,35?,36?,37?,38?,39-,40?,41+,42+,43-,44+,45+/m1/s1. The van der Waals surface area contributed by atoms with Crippen LogP contribution >= 0.6 is 0 Å². The number of aliphatic hydroxyl groups excluding tert-OH is 10. The van der Waals surface area contributed by atoms with Gasteiger partial charge >= 0.3 is 0 Å². The van der Waals surface area contributed by atoms with Crippen LogP contribution in [0.2, 0.25) is 0 Å². The van der Waals surface area contributed by atoms with Gasteiger partial charge in [-0.3, -0.25) is 0 Å². The largest absolute Gasteiger partial charge is 0.396 e. The van der Waals surface area contributed by atoms with Crippen LogP contribution in [0.25, 0.3) is 0 Å². The van der Waals surface area contributed by atoms with E-state index in [4.69, 9.17) is 33.2 Å². The summed E-state index contributed by atoms with van der Waals surface area (Å²) < 4.78 is 43.2. The van der Waals surface area contributed by atoms with Gasteiger partial charge in [0.2, 0.25) is 0 Å². The van der Waals surface area contributed by atoms with Gasteiger partial charge in [-0.2, -0.15) is 0 Å². The Balaban J connectivity index is 0.980. The van der Waals surface area contributed by atoms with Crippen LogP contribution in [0.5, 0.6) is 0 Å². The van der Waals surface area contributed by atoms with E-state index in [9.17, 15) is 51.1 Å². The molecule has 3 saturated carbocycles. The predicted molar refractivity (Wildman–Crippen MR) is 216 cm³/mol. The molecule has 8 aliphatic rings. The minimum Gasteiger partial charge on any atom is -0.396 e. The lowest BCUT2D eigenvalue weighted by molar-refractivity contribution is -0.389. The summed E-state index contributed by atoms with van der Waals surface area (Å²) in [4.78, 5) is 0. The van der Waals surface area contributed by atoms with Crippen molar-refractivity contribution >= 4 is 0 Å². The molecule has 0 aromatic heterocycles. The van der Waals surface area contributed by atoms with Crippen LogP contribution in [0, 0.1) is 46.3 Å². The third-order valence-electron chi connectivity index (χ3n) is 17.3. The van der Waals surface area contributed by atoms with Crippen molar-refractivity contribution in [3.8, 4) is 0 Å². The molecule has 10 unspecified atom stereocenters. The van der Waals surface area contributed by atoms with Crippen LogP contribution in [0.15, 0.2) is 11.6 Å². The van der Waals surface area contributed by atoms with Crippen molar-refractivity contribution < 1.29 is 84.2 Å². The summed E-state index contributed by atoms with van der Waals surface area (Å²) in [5.41, 5.74) is 1.51. The summed E-state index contributed by atoms with van der Waals surface area (Å²) in [6, 6.07) is 0. The first-order valence-corrected chi connectivity index (χ1v) is 23.3. The fourth-order valence-corrected chi connectivity index (χ4v) is 13.6. The van der Waals surface area contributed by atoms with E-state index in [1.165, 1.54) is 12.5 Å². The van der Waals surface area contributed by atoms with E-state index in [0.29, 0.717) is 42.4 Å². The molecule has 4 saturated heterocycles. The van der Waals surface area contributed by atoms with E-state index in [1.54, 1.807) is 0 Å². The van der Waals surface area contributed by atoms with E-state index in [0.717, 1.165) is 44.9 Å². The fraction of sp³-hybridized carbons (Fsp3) is 0.956. The molecule has 4 aliphatic carbocycles.